The second kappa shape index (κ2) is 8.01. The van der Waals surface area contributed by atoms with Gasteiger partial charge in [0.2, 0.25) is 0 Å². The molecule has 0 radical (unpaired) electrons. The fourth-order valence-electron chi connectivity index (χ4n) is 3.49. The molecule has 0 amide bonds. The molecule has 0 aliphatic carbocycles. The maximum Gasteiger partial charge on any atom is 0.123 e. The van der Waals surface area contributed by atoms with Gasteiger partial charge in [-0.1, -0.05) is 36.4 Å². The highest BCUT2D eigenvalue weighted by Crippen LogP contribution is 2.38. The Hall–Kier alpha value is -3.53. The van der Waals surface area contributed by atoms with Gasteiger partial charge in [0.25, 0.3) is 0 Å². The smallest absolute Gasteiger partial charge is 0.123 e. The lowest BCUT2D eigenvalue weighted by Crippen LogP contribution is -2.22. The standard InChI is InChI=1S/C24H20FN3/c1-18(24-15-20(25)11-12-23(24)19-7-3-2-4-8-19)28(21-9-5-13-26-16-21)22-10-6-14-27-17-22/h2-18H,1H3. The highest BCUT2D eigenvalue weighted by Gasteiger charge is 2.22. The van der Waals surface area contributed by atoms with Crippen LogP contribution in [0.1, 0.15) is 18.5 Å². The number of benzene rings is 2. The summed E-state index contributed by atoms with van der Waals surface area (Å²) >= 11 is 0. The Morgan fingerprint density at radius 1 is 0.786 bits per heavy atom. The lowest BCUT2D eigenvalue weighted by Gasteiger charge is -2.32. The first-order valence-corrected chi connectivity index (χ1v) is 9.18. The molecule has 28 heavy (non-hydrogen) atoms. The quantitative estimate of drug-likeness (QED) is 0.420. The van der Waals surface area contributed by atoms with Crippen LogP contribution in [0, 0.1) is 5.82 Å². The van der Waals surface area contributed by atoms with Crippen LogP contribution in [0.3, 0.4) is 0 Å². The third-order valence-electron chi connectivity index (χ3n) is 4.78. The van der Waals surface area contributed by atoms with Gasteiger partial charge in [-0.3, -0.25) is 9.97 Å². The van der Waals surface area contributed by atoms with Gasteiger partial charge >= 0.3 is 0 Å². The van der Waals surface area contributed by atoms with Gasteiger partial charge in [-0.05, 0) is 60.0 Å². The van der Waals surface area contributed by atoms with Gasteiger partial charge in [0.05, 0.1) is 29.8 Å². The average molecular weight is 369 g/mol. The molecule has 4 aromatic rings. The first-order chi connectivity index (χ1) is 13.7. The summed E-state index contributed by atoms with van der Waals surface area (Å²) in [7, 11) is 0. The van der Waals surface area contributed by atoms with E-state index >= 15 is 0 Å². The minimum Gasteiger partial charge on any atom is -0.332 e. The minimum absolute atomic E-state index is 0.140. The molecule has 2 aromatic carbocycles. The Bertz CT molecular complexity index is 998. The Labute approximate surface area is 164 Å². The summed E-state index contributed by atoms with van der Waals surface area (Å²) in [6.07, 6.45) is 7.11. The van der Waals surface area contributed by atoms with Crippen LogP contribution >= 0.6 is 0 Å². The monoisotopic (exact) mass is 369 g/mol. The van der Waals surface area contributed by atoms with Crippen LogP contribution in [0.25, 0.3) is 11.1 Å². The van der Waals surface area contributed by atoms with E-state index in [0.717, 1.165) is 28.1 Å². The Balaban J connectivity index is 1.86. The summed E-state index contributed by atoms with van der Waals surface area (Å²) in [5, 5.41) is 0. The number of halogens is 1. The molecule has 0 aliphatic heterocycles. The number of hydrogen-bond acceptors (Lipinski definition) is 3. The second-order valence-corrected chi connectivity index (χ2v) is 6.57. The molecule has 0 saturated heterocycles. The number of aromatic nitrogens is 2. The maximum absolute atomic E-state index is 14.2. The number of pyridine rings is 2. The van der Waals surface area contributed by atoms with E-state index in [2.05, 4.69) is 21.8 Å². The van der Waals surface area contributed by atoms with Crippen LogP contribution in [0.5, 0.6) is 0 Å². The molecule has 4 rings (SSSR count). The molecule has 2 aromatic heterocycles. The first kappa shape index (κ1) is 17.9. The van der Waals surface area contributed by atoms with E-state index in [1.54, 1.807) is 18.5 Å². The zero-order valence-electron chi connectivity index (χ0n) is 15.5. The van der Waals surface area contributed by atoms with Gasteiger partial charge in [0.1, 0.15) is 5.82 Å². The summed E-state index contributed by atoms with van der Waals surface area (Å²) in [6, 6.07) is 22.7. The van der Waals surface area contributed by atoms with Crippen LogP contribution in [0.2, 0.25) is 0 Å². The molecule has 1 atom stereocenters. The van der Waals surface area contributed by atoms with Gasteiger partial charge in [0, 0.05) is 12.4 Å². The highest BCUT2D eigenvalue weighted by atomic mass is 19.1. The summed E-state index contributed by atoms with van der Waals surface area (Å²) in [5.41, 5.74) is 4.81. The molecule has 0 spiro atoms. The van der Waals surface area contributed by atoms with E-state index in [-0.39, 0.29) is 11.9 Å². The third-order valence-corrected chi connectivity index (χ3v) is 4.78. The van der Waals surface area contributed by atoms with Gasteiger partial charge in [-0.2, -0.15) is 0 Å². The van der Waals surface area contributed by atoms with Crippen LogP contribution in [0.4, 0.5) is 15.8 Å². The molecule has 1 unspecified atom stereocenters. The van der Waals surface area contributed by atoms with E-state index in [4.69, 9.17) is 0 Å². The Morgan fingerprint density at radius 2 is 1.43 bits per heavy atom. The third kappa shape index (κ3) is 3.62. The largest absolute Gasteiger partial charge is 0.332 e. The normalized spacial score (nSPS) is 11.8. The zero-order chi connectivity index (χ0) is 19.3. The van der Waals surface area contributed by atoms with Gasteiger partial charge in [0.15, 0.2) is 0 Å². The number of nitrogens with zero attached hydrogens (tertiary/aromatic N) is 3. The van der Waals surface area contributed by atoms with Crippen molar-refractivity contribution >= 4 is 11.4 Å². The molecule has 0 N–H and O–H groups in total. The molecule has 3 nitrogen and oxygen atoms in total. The molecule has 0 aliphatic rings. The van der Waals surface area contributed by atoms with Crippen molar-refractivity contribution in [2.24, 2.45) is 0 Å². The maximum atomic E-state index is 14.2. The number of rotatable bonds is 5. The van der Waals surface area contributed by atoms with Crippen LogP contribution < -0.4 is 4.90 Å². The Kier molecular flexibility index (Phi) is 5.11. The molecular formula is C24H20FN3. The van der Waals surface area contributed by atoms with Crippen LogP contribution in [-0.2, 0) is 0 Å². The predicted molar refractivity (Wildman–Crippen MR) is 111 cm³/mol. The molecule has 0 bridgehead atoms. The molecule has 138 valence electrons. The fourth-order valence-corrected chi connectivity index (χ4v) is 3.49. The molecular weight excluding hydrogens is 349 g/mol. The van der Waals surface area contributed by atoms with Crippen LogP contribution in [-0.4, -0.2) is 9.97 Å². The van der Waals surface area contributed by atoms with Crippen molar-refractivity contribution in [2.45, 2.75) is 13.0 Å². The van der Waals surface area contributed by atoms with E-state index < -0.39 is 0 Å². The molecule has 4 heteroatoms. The molecule has 0 saturated carbocycles. The summed E-state index contributed by atoms with van der Waals surface area (Å²) in [4.78, 5) is 10.7. The van der Waals surface area contributed by atoms with E-state index in [0.29, 0.717) is 0 Å². The SMILES string of the molecule is CC(c1cc(F)ccc1-c1ccccc1)N(c1cccnc1)c1cccnc1. The van der Waals surface area contributed by atoms with Crippen molar-refractivity contribution in [1.82, 2.24) is 9.97 Å². The summed E-state index contributed by atoms with van der Waals surface area (Å²) in [6.45, 7) is 2.07. The minimum atomic E-state index is -0.251. The first-order valence-electron chi connectivity index (χ1n) is 9.18. The fraction of sp³-hybridized carbons (Fsp3) is 0.0833. The second-order valence-electron chi connectivity index (χ2n) is 6.57. The van der Waals surface area contributed by atoms with Gasteiger partial charge < -0.3 is 4.90 Å². The van der Waals surface area contributed by atoms with Crippen LogP contribution in [0.15, 0.2) is 97.6 Å². The summed E-state index contributed by atoms with van der Waals surface area (Å²) < 4.78 is 14.2. The van der Waals surface area contributed by atoms with Gasteiger partial charge in [-0.15, -0.1) is 0 Å². The summed E-state index contributed by atoms with van der Waals surface area (Å²) in [5.74, 6) is -0.251. The highest BCUT2D eigenvalue weighted by molar-refractivity contribution is 5.71. The van der Waals surface area contributed by atoms with E-state index in [1.807, 2.05) is 73.1 Å². The number of hydrogen-bond donors (Lipinski definition) is 0. The Morgan fingerprint density at radius 3 is 2.00 bits per heavy atom. The lowest BCUT2D eigenvalue weighted by molar-refractivity contribution is 0.622. The predicted octanol–water partition coefficient (Wildman–Crippen LogP) is 6.18. The van der Waals surface area contributed by atoms with E-state index in [9.17, 15) is 4.39 Å². The topological polar surface area (TPSA) is 29.0 Å². The van der Waals surface area contributed by atoms with Gasteiger partial charge in [-0.25, -0.2) is 4.39 Å². The van der Waals surface area contributed by atoms with Crippen molar-refractivity contribution in [3.8, 4) is 11.1 Å². The van der Waals surface area contributed by atoms with Crippen molar-refractivity contribution < 1.29 is 4.39 Å². The number of anilines is 2. The van der Waals surface area contributed by atoms with Crippen molar-refractivity contribution in [1.29, 1.82) is 0 Å². The van der Waals surface area contributed by atoms with Crippen molar-refractivity contribution in [3.63, 3.8) is 0 Å². The zero-order valence-corrected chi connectivity index (χ0v) is 15.5. The molecule has 2 heterocycles. The van der Waals surface area contributed by atoms with E-state index in [1.165, 1.54) is 6.07 Å². The molecule has 0 fully saturated rings. The van der Waals surface area contributed by atoms with Crippen molar-refractivity contribution in [2.75, 3.05) is 4.90 Å². The lowest BCUT2D eigenvalue weighted by atomic mass is 9.94. The van der Waals surface area contributed by atoms with Crippen molar-refractivity contribution in [3.05, 3.63) is 109 Å². The average Bonchev–Trinajstić information content (AvgIpc) is 2.76.